The van der Waals surface area contributed by atoms with Gasteiger partial charge in [0, 0.05) is 51.5 Å². The molecule has 2 atom stereocenters. The molecule has 0 amide bonds. The van der Waals surface area contributed by atoms with Crippen molar-refractivity contribution in [3.63, 3.8) is 0 Å². The fourth-order valence-corrected chi connectivity index (χ4v) is 6.46. The molecule has 4 aromatic rings. The number of hydrogen-bond donors (Lipinski definition) is 0. The number of likely N-dealkylation sites (tertiary alicyclic amines) is 2. The van der Waals surface area contributed by atoms with Crippen LogP contribution in [-0.4, -0.2) is 66.8 Å². The summed E-state index contributed by atoms with van der Waals surface area (Å²) < 4.78 is 47.1. The van der Waals surface area contributed by atoms with Crippen LogP contribution in [0.3, 0.4) is 0 Å². The van der Waals surface area contributed by atoms with Gasteiger partial charge in [-0.2, -0.15) is 13.2 Å². The van der Waals surface area contributed by atoms with Gasteiger partial charge in [0.25, 0.3) is 0 Å². The highest BCUT2D eigenvalue weighted by Gasteiger charge is 2.37. The Morgan fingerprint density at radius 1 is 1.10 bits per heavy atom. The Morgan fingerprint density at radius 2 is 1.90 bits per heavy atom. The van der Waals surface area contributed by atoms with Crippen LogP contribution < -0.4 is 5.69 Å². The summed E-state index contributed by atoms with van der Waals surface area (Å²) in [5.41, 5.74) is 0.486. The second-order valence-corrected chi connectivity index (χ2v) is 11.6. The van der Waals surface area contributed by atoms with Crippen LogP contribution in [0.15, 0.2) is 53.8 Å². The lowest BCUT2D eigenvalue weighted by Crippen LogP contribution is -2.47. The van der Waals surface area contributed by atoms with Gasteiger partial charge in [0.15, 0.2) is 0 Å². The molecule has 0 saturated carbocycles. The van der Waals surface area contributed by atoms with Crippen LogP contribution in [0.1, 0.15) is 48.2 Å². The second-order valence-electron chi connectivity index (χ2n) is 11.6. The first-order valence-electron chi connectivity index (χ1n) is 13.8. The molecule has 3 aromatic heterocycles. The number of pyridine rings is 1. The van der Waals surface area contributed by atoms with Crippen LogP contribution in [0.2, 0.25) is 0 Å². The highest BCUT2D eigenvalue weighted by Crippen LogP contribution is 2.37. The average Bonchev–Trinajstić information content (AvgIpc) is 3.45. The minimum atomic E-state index is -4.59. The van der Waals surface area contributed by atoms with Gasteiger partial charge in [-0.15, -0.1) is 10.2 Å². The summed E-state index contributed by atoms with van der Waals surface area (Å²) in [5, 5.41) is 8.44. The standard InChI is InChI=1S/C29H34F3N7O/c1-19-6-5-9-37(12-19)13-20-10-24(29(30,31)32)25-17-38(28(40)39(25)14-20)23-8-4-7-21(11-23)26(22-15-35(2)16-22)27-34-33-18-36(27)3/h4,7-8,10-11,14,17-19,22,26H,5-6,9,12-13,15-16H2,1-3H3/t19-,26-/m0/s1. The molecular formula is C29H34F3N7O. The molecule has 2 aliphatic heterocycles. The summed E-state index contributed by atoms with van der Waals surface area (Å²) in [4.78, 5) is 18.0. The molecule has 40 heavy (non-hydrogen) atoms. The van der Waals surface area contributed by atoms with Crippen LogP contribution in [0.25, 0.3) is 11.2 Å². The lowest BCUT2D eigenvalue weighted by Gasteiger charge is -2.41. The molecular weight excluding hydrogens is 519 g/mol. The van der Waals surface area contributed by atoms with Gasteiger partial charge >= 0.3 is 11.9 Å². The molecule has 5 heterocycles. The molecule has 2 fully saturated rings. The first-order valence-corrected chi connectivity index (χ1v) is 13.8. The van der Waals surface area contributed by atoms with E-state index in [2.05, 4.69) is 34.0 Å². The van der Waals surface area contributed by atoms with E-state index < -0.39 is 17.4 Å². The Hall–Kier alpha value is -3.44. The third-order valence-electron chi connectivity index (χ3n) is 8.37. The monoisotopic (exact) mass is 553 g/mol. The largest absolute Gasteiger partial charge is 0.418 e. The number of halogens is 3. The Bertz CT molecular complexity index is 1580. The molecule has 0 aliphatic carbocycles. The summed E-state index contributed by atoms with van der Waals surface area (Å²) in [6.07, 6.45) is 2.10. The van der Waals surface area contributed by atoms with E-state index in [1.54, 1.807) is 18.6 Å². The third-order valence-corrected chi connectivity index (χ3v) is 8.37. The van der Waals surface area contributed by atoms with Crippen LogP contribution in [0.5, 0.6) is 0 Å². The van der Waals surface area contributed by atoms with Gasteiger partial charge in [-0.1, -0.05) is 19.1 Å². The van der Waals surface area contributed by atoms with Crippen LogP contribution >= 0.6 is 0 Å². The third kappa shape index (κ3) is 4.96. The van der Waals surface area contributed by atoms with Crippen molar-refractivity contribution in [1.82, 2.24) is 33.5 Å². The van der Waals surface area contributed by atoms with E-state index in [0.717, 1.165) is 54.8 Å². The van der Waals surface area contributed by atoms with Gasteiger partial charge in [-0.05, 0) is 67.6 Å². The topological polar surface area (TPSA) is 63.6 Å². The Morgan fingerprint density at radius 3 is 2.58 bits per heavy atom. The predicted molar refractivity (Wildman–Crippen MR) is 146 cm³/mol. The highest BCUT2D eigenvalue weighted by molar-refractivity contribution is 5.58. The summed E-state index contributed by atoms with van der Waals surface area (Å²) in [5.74, 6) is 1.58. The minimum absolute atomic E-state index is 0.0549. The molecule has 0 radical (unpaired) electrons. The number of benzene rings is 1. The fourth-order valence-electron chi connectivity index (χ4n) is 6.46. The number of fused-ring (bicyclic) bond motifs is 1. The molecule has 11 heteroatoms. The summed E-state index contributed by atoms with van der Waals surface area (Å²) >= 11 is 0. The molecule has 1 aromatic carbocycles. The number of aryl methyl sites for hydroxylation is 1. The van der Waals surface area contributed by atoms with E-state index in [-0.39, 0.29) is 11.4 Å². The SMILES string of the molecule is C[C@H]1CCCN(Cc2cc(C(F)(F)F)c3cn(-c4cccc([C@H](c5nncn5C)C5CN(C)C5)c4)c(=O)n3c2)C1. The van der Waals surface area contributed by atoms with Crippen molar-refractivity contribution in [3.8, 4) is 5.69 Å². The van der Waals surface area contributed by atoms with E-state index in [0.29, 0.717) is 29.6 Å². The smallest absolute Gasteiger partial charge is 0.320 e. The Labute approximate surface area is 230 Å². The van der Waals surface area contributed by atoms with Gasteiger partial charge in [-0.3, -0.25) is 13.9 Å². The van der Waals surface area contributed by atoms with E-state index >= 15 is 0 Å². The maximum atomic E-state index is 14.3. The summed E-state index contributed by atoms with van der Waals surface area (Å²) in [6, 6.07) is 8.68. The number of piperidine rings is 1. The normalized spacial score (nSPS) is 20.2. The van der Waals surface area contributed by atoms with Crippen LogP contribution in [-0.2, 0) is 19.8 Å². The molecule has 2 saturated heterocycles. The number of hydrogen-bond acceptors (Lipinski definition) is 5. The molecule has 6 rings (SSSR count). The number of rotatable bonds is 6. The maximum absolute atomic E-state index is 14.3. The second kappa shape index (κ2) is 10.2. The molecule has 0 N–H and O–H groups in total. The van der Waals surface area contributed by atoms with E-state index in [1.807, 2.05) is 29.8 Å². The van der Waals surface area contributed by atoms with E-state index in [9.17, 15) is 18.0 Å². The van der Waals surface area contributed by atoms with Crippen molar-refractivity contribution >= 4 is 5.52 Å². The highest BCUT2D eigenvalue weighted by atomic mass is 19.4. The number of alkyl halides is 3. The van der Waals surface area contributed by atoms with Crippen LogP contribution in [0, 0.1) is 11.8 Å². The summed E-state index contributed by atoms with van der Waals surface area (Å²) in [7, 11) is 3.96. The average molecular weight is 554 g/mol. The van der Waals surface area contributed by atoms with Gasteiger partial charge in [-0.25, -0.2) is 4.79 Å². The van der Waals surface area contributed by atoms with E-state index in [1.165, 1.54) is 16.8 Å². The molecule has 2 aliphatic rings. The Kier molecular flexibility index (Phi) is 6.82. The quantitative estimate of drug-likeness (QED) is 0.359. The molecule has 0 bridgehead atoms. The molecule has 8 nitrogen and oxygen atoms in total. The van der Waals surface area contributed by atoms with Crippen molar-refractivity contribution in [2.24, 2.45) is 18.9 Å². The first kappa shape index (κ1) is 26.8. The van der Waals surface area contributed by atoms with Crippen LogP contribution in [0.4, 0.5) is 13.2 Å². The fraction of sp³-hybridized carbons (Fsp3) is 0.483. The zero-order chi connectivity index (χ0) is 28.2. The predicted octanol–water partition coefficient (Wildman–Crippen LogP) is 4.16. The zero-order valence-electron chi connectivity index (χ0n) is 23.0. The minimum Gasteiger partial charge on any atom is -0.320 e. The first-order chi connectivity index (χ1) is 19.1. The van der Waals surface area contributed by atoms with Crippen molar-refractivity contribution in [1.29, 1.82) is 0 Å². The maximum Gasteiger partial charge on any atom is 0.418 e. The van der Waals surface area contributed by atoms with Crippen molar-refractivity contribution < 1.29 is 13.2 Å². The van der Waals surface area contributed by atoms with Gasteiger partial charge < -0.3 is 9.47 Å². The van der Waals surface area contributed by atoms with Crippen molar-refractivity contribution in [2.75, 3.05) is 33.2 Å². The summed E-state index contributed by atoms with van der Waals surface area (Å²) in [6.45, 7) is 6.01. The van der Waals surface area contributed by atoms with Gasteiger partial charge in [0.2, 0.25) is 0 Å². The van der Waals surface area contributed by atoms with Crippen molar-refractivity contribution in [2.45, 2.75) is 38.4 Å². The van der Waals surface area contributed by atoms with Gasteiger partial charge in [0.05, 0.1) is 16.8 Å². The number of aromatic nitrogens is 5. The zero-order valence-corrected chi connectivity index (χ0v) is 23.0. The molecule has 0 spiro atoms. The lowest BCUT2D eigenvalue weighted by molar-refractivity contribution is -0.136. The Balaban J connectivity index is 1.42. The molecule has 212 valence electrons. The molecule has 0 unspecified atom stereocenters. The number of nitrogens with zero attached hydrogens (tertiary/aromatic N) is 7. The lowest BCUT2D eigenvalue weighted by atomic mass is 9.80. The van der Waals surface area contributed by atoms with Gasteiger partial charge in [0.1, 0.15) is 12.2 Å². The number of imidazole rings is 1. The van der Waals surface area contributed by atoms with Crippen molar-refractivity contribution in [3.05, 3.63) is 82.1 Å². The van der Waals surface area contributed by atoms with E-state index in [4.69, 9.17) is 0 Å².